The van der Waals surface area contributed by atoms with Gasteiger partial charge in [-0.2, -0.15) is 0 Å². The van der Waals surface area contributed by atoms with Crippen molar-refractivity contribution in [2.45, 2.75) is 55.5 Å². The molecule has 4 atom stereocenters. The van der Waals surface area contributed by atoms with Gasteiger partial charge in [0.2, 0.25) is 0 Å². The summed E-state index contributed by atoms with van der Waals surface area (Å²) in [6.45, 7) is 4.79. The van der Waals surface area contributed by atoms with E-state index in [9.17, 15) is 17.6 Å². The molecule has 0 amide bonds. The van der Waals surface area contributed by atoms with E-state index < -0.39 is 32.8 Å². The molecule has 0 N–H and O–H groups in total. The first-order valence-electron chi connectivity index (χ1n) is 8.97. The van der Waals surface area contributed by atoms with Gasteiger partial charge in [0, 0.05) is 23.9 Å². The number of carbonyl (C=O) groups is 1. The second kappa shape index (κ2) is 8.90. The van der Waals surface area contributed by atoms with Gasteiger partial charge in [-0.25, -0.2) is 12.8 Å². The Morgan fingerprint density at radius 2 is 2.04 bits per heavy atom. The fourth-order valence-electron chi connectivity index (χ4n) is 2.94. The number of oxime groups is 1. The maximum Gasteiger partial charge on any atom is 0.327 e. The number of alkyl halides is 2. The van der Waals surface area contributed by atoms with Crippen molar-refractivity contribution < 1.29 is 27.2 Å². The number of carbonyl (C=O) groups excluding carboxylic acids is 1. The number of halogens is 2. The van der Waals surface area contributed by atoms with Crippen molar-refractivity contribution in [3.8, 4) is 0 Å². The maximum absolute atomic E-state index is 14.1. The highest BCUT2D eigenvalue weighted by Gasteiger charge is 2.48. The third-order valence-corrected chi connectivity index (χ3v) is 7.28. The maximum atomic E-state index is 14.1. The number of rotatable bonds is 8. The molecule has 0 aromatic heterocycles. The average molecular weight is 478 g/mol. The fourth-order valence-corrected chi connectivity index (χ4v) is 4.09. The number of hydrogen-bond acceptors (Lipinski definition) is 6. The summed E-state index contributed by atoms with van der Waals surface area (Å²) in [5.41, 5.74) is 1.94. The summed E-state index contributed by atoms with van der Waals surface area (Å²) >= 11 is 3.23. The first-order valence-corrected chi connectivity index (χ1v) is 11.8. The zero-order valence-corrected chi connectivity index (χ0v) is 18.7. The zero-order valence-electron chi connectivity index (χ0n) is 16.3. The van der Waals surface area contributed by atoms with E-state index in [1.54, 1.807) is 38.1 Å². The quantitative estimate of drug-likeness (QED) is 0.420. The molecule has 0 aliphatic carbocycles. The van der Waals surface area contributed by atoms with Crippen molar-refractivity contribution >= 4 is 37.4 Å². The molecule has 1 aliphatic heterocycles. The Morgan fingerprint density at radius 3 is 2.54 bits per heavy atom. The molecule has 0 saturated carbocycles. The van der Waals surface area contributed by atoms with E-state index >= 15 is 0 Å². The predicted octanol–water partition coefficient (Wildman–Crippen LogP) is 3.73. The molecular weight excluding hydrogens is 453 g/mol. The largest absolute Gasteiger partial charge is 0.465 e. The van der Waals surface area contributed by atoms with Crippen LogP contribution in [0.5, 0.6) is 0 Å². The van der Waals surface area contributed by atoms with Crippen LogP contribution in [0.4, 0.5) is 4.39 Å². The van der Waals surface area contributed by atoms with E-state index in [1.807, 2.05) is 0 Å². The van der Waals surface area contributed by atoms with Gasteiger partial charge in [-0.15, -0.1) is 0 Å². The van der Waals surface area contributed by atoms with Crippen LogP contribution >= 0.6 is 15.9 Å². The van der Waals surface area contributed by atoms with Crippen LogP contribution in [-0.2, 0) is 24.2 Å². The number of nitrogens with zero attached hydrogens (tertiary/aromatic N) is 1. The Morgan fingerprint density at radius 1 is 1.43 bits per heavy atom. The fraction of sp³-hybridized carbons (Fsp3) is 0.579. The second-order valence-electron chi connectivity index (χ2n) is 7.10. The molecule has 28 heavy (non-hydrogen) atoms. The summed E-state index contributed by atoms with van der Waals surface area (Å²) in [4.78, 5) is 17.4. The molecule has 9 heteroatoms. The summed E-state index contributed by atoms with van der Waals surface area (Å²) < 4.78 is 41.8. The molecule has 156 valence electrons. The van der Waals surface area contributed by atoms with Crippen LogP contribution in [0.3, 0.4) is 0 Å². The first kappa shape index (κ1) is 22.8. The zero-order chi connectivity index (χ0) is 21.1. The number of benzene rings is 1. The van der Waals surface area contributed by atoms with Crippen molar-refractivity contribution in [3.05, 3.63) is 35.4 Å². The highest BCUT2D eigenvalue weighted by molar-refractivity contribution is 9.09. The van der Waals surface area contributed by atoms with E-state index in [4.69, 9.17) is 9.57 Å². The third-order valence-electron chi connectivity index (χ3n) is 4.84. The highest BCUT2D eigenvalue weighted by Crippen LogP contribution is 2.31. The van der Waals surface area contributed by atoms with E-state index in [2.05, 4.69) is 21.1 Å². The van der Waals surface area contributed by atoms with Crippen molar-refractivity contribution in [1.82, 2.24) is 0 Å². The Balaban J connectivity index is 2.11. The van der Waals surface area contributed by atoms with Gasteiger partial charge in [-0.1, -0.05) is 45.4 Å². The Labute approximate surface area is 173 Å². The predicted molar refractivity (Wildman–Crippen MR) is 109 cm³/mol. The Hall–Kier alpha value is -1.48. The smallest absolute Gasteiger partial charge is 0.327 e. The lowest BCUT2D eigenvalue weighted by atomic mass is 9.96. The van der Waals surface area contributed by atoms with Crippen molar-refractivity contribution in [2.24, 2.45) is 5.16 Å². The highest BCUT2D eigenvalue weighted by atomic mass is 79.9. The van der Waals surface area contributed by atoms with Gasteiger partial charge >= 0.3 is 5.97 Å². The van der Waals surface area contributed by atoms with Gasteiger partial charge in [0.15, 0.2) is 14.6 Å². The van der Waals surface area contributed by atoms with Crippen LogP contribution in [0.25, 0.3) is 0 Å². The van der Waals surface area contributed by atoms with E-state index in [-0.39, 0.29) is 17.9 Å². The van der Waals surface area contributed by atoms with Crippen LogP contribution < -0.4 is 0 Å². The van der Waals surface area contributed by atoms with Gasteiger partial charge in [0.05, 0.1) is 12.3 Å². The SMILES string of the molecule is CCOC(=O)C(C)(CC1CC(c2ccc(C(F)C(C)Br)cc2)=NO1)S(C)(=O)=O. The Bertz CT molecular complexity index is 840. The minimum Gasteiger partial charge on any atom is -0.465 e. The van der Waals surface area contributed by atoms with Crippen LogP contribution in [-0.4, -0.2) is 48.6 Å². The second-order valence-corrected chi connectivity index (χ2v) is 11.0. The third kappa shape index (κ3) is 4.92. The van der Waals surface area contributed by atoms with E-state index in [0.717, 1.165) is 11.8 Å². The van der Waals surface area contributed by atoms with Gasteiger partial charge < -0.3 is 9.57 Å². The molecule has 1 aromatic rings. The molecule has 4 unspecified atom stereocenters. The van der Waals surface area contributed by atoms with E-state index in [0.29, 0.717) is 17.7 Å². The Kier molecular flexibility index (Phi) is 7.25. The molecule has 0 saturated heterocycles. The van der Waals surface area contributed by atoms with Gasteiger partial charge in [0.1, 0.15) is 12.3 Å². The lowest BCUT2D eigenvalue weighted by Crippen LogP contribution is -2.47. The summed E-state index contributed by atoms with van der Waals surface area (Å²) in [7, 11) is -3.73. The van der Waals surface area contributed by atoms with Crippen molar-refractivity contribution in [2.75, 3.05) is 12.9 Å². The standard InChI is InChI=1S/C19H25BrFNO5S/c1-5-26-18(23)19(3,28(4,24)25)11-15-10-16(22-27-15)13-6-8-14(9-7-13)17(21)12(2)20/h6-9,12,15,17H,5,10-11H2,1-4H3. The summed E-state index contributed by atoms with van der Waals surface area (Å²) in [6.07, 6.45) is -0.405. The summed E-state index contributed by atoms with van der Waals surface area (Å²) in [5.74, 6) is -0.795. The first-order chi connectivity index (χ1) is 13.0. The molecule has 0 radical (unpaired) electrons. The molecule has 6 nitrogen and oxygen atoms in total. The van der Waals surface area contributed by atoms with Gasteiger partial charge in [-0.3, -0.25) is 4.79 Å². The van der Waals surface area contributed by atoms with Crippen LogP contribution in [0.2, 0.25) is 0 Å². The molecule has 1 aromatic carbocycles. The number of esters is 1. The lowest BCUT2D eigenvalue weighted by molar-refractivity contribution is -0.146. The monoisotopic (exact) mass is 477 g/mol. The molecule has 0 spiro atoms. The lowest BCUT2D eigenvalue weighted by Gasteiger charge is -2.27. The topological polar surface area (TPSA) is 82.0 Å². The number of ether oxygens (including phenoxy) is 1. The van der Waals surface area contributed by atoms with Crippen molar-refractivity contribution in [1.29, 1.82) is 0 Å². The van der Waals surface area contributed by atoms with Crippen LogP contribution in [0.1, 0.15) is 50.9 Å². The number of sulfone groups is 1. The molecule has 0 fully saturated rings. The van der Waals surface area contributed by atoms with E-state index in [1.165, 1.54) is 6.92 Å². The minimum atomic E-state index is -3.73. The molecule has 0 bridgehead atoms. The molecule has 1 aliphatic rings. The molecular formula is C19H25BrFNO5S. The summed E-state index contributed by atoms with van der Waals surface area (Å²) in [5, 5.41) is 4.04. The number of hydrogen-bond donors (Lipinski definition) is 0. The van der Waals surface area contributed by atoms with Crippen molar-refractivity contribution in [3.63, 3.8) is 0 Å². The van der Waals surface area contributed by atoms with Crippen LogP contribution in [0, 0.1) is 0 Å². The normalized spacial score (nSPS) is 21.2. The molecule has 2 rings (SSSR count). The average Bonchev–Trinajstić information content (AvgIpc) is 3.08. The molecule has 1 heterocycles. The van der Waals surface area contributed by atoms with Gasteiger partial charge in [-0.05, 0) is 31.9 Å². The minimum absolute atomic E-state index is 0.0661. The van der Waals surface area contributed by atoms with Gasteiger partial charge in [0.25, 0.3) is 0 Å². The summed E-state index contributed by atoms with van der Waals surface area (Å²) in [6, 6.07) is 6.88. The van der Waals surface area contributed by atoms with Crippen LogP contribution in [0.15, 0.2) is 29.4 Å².